The van der Waals surface area contributed by atoms with Crippen LogP contribution in [0.4, 0.5) is 13.2 Å². The van der Waals surface area contributed by atoms with Gasteiger partial charge in [0.1, 0.15) is 0 Å². The SMILES string of the molecule is FC(F)(F)c1ccc(-c2ccc3ccc[c]c3n2)cc1. The molecule has 0 fully saturated rings. The quantitative estimate of drug-likeness (QED) is 0.624. The summed E-state index contributed by atoms with van der Waals surface area (Å²) in [5.41, 5.74) is 1.32. The lowest BCUT2D eigenvalue weighted by Crippen LogP contribution is -2.04. The van der Waals surface area contributed by atoms with E-state index in [2.05, 4.69) is 11.1 Å². The Balaban J connectivity index is 2.02. The van der Waals surface area contributed by atoms with Crippen LogP contribution in [0.5, 0.6) is 0 Å². The molecule has 0 N–H and O–H groups in total. The van der Waals surface area contributed by atoms with E-state index in [0.29, 0.717) is 16.8 Å². The van der Waals surface area contributed by atoms with Gasteiger partial charge in [0, 0.05) is 17.0 Å². The number of hydrogen-bond donors (Lipinski definition) is 0. The molecule has 99 valence electrons. The molecule has 0 saturated heterocycles. The van der Waals surface area contributed by atoms with Crippen molar-refractivity contribution in [3.63, 3.8) is 0 Å². The summed E-state index contributed by atoms with van der Waals surface area (Å²) in [5.74, 6) is 0. The van der Waals surface area contributed by atoms with Crippen molar-refractivity contribution < 1.29 is 13.2 Å². The highest BCUT2D eigenvalue weighted by atomic mass is 19.4. The van der Waals surface area contributed by atoms with Gasteiger partial charge < -0.3 is 0 Å². The lowest BCUT2D eigenvalue weighted by Gasteiger charge is -2.07. The molecular formula is C16H9F3N. The fourth-order valence-electron chi connectivity index (χ4n) is 1.99. The van der Waals surface area contributed by atoms with Gasteiger partial charge in [0.25, 0.3) is 0 Å². The maximum atomic E-state index is 12.5. The van der Waals surface area contributed by atoms with Crippen molar-refractivity contribution in [2.45, 2.75) is 6.18 Å². The first-order valence-electron chi connectivity index (χ1n) is 5.99. The standard InChI is InChI=1S/C16H9F3N/c17-16(18,19)13-8-5-12(6-9-13)15-10-7-11-3-1-2-4-14(11)20-15/h1-3,5-10H. The van der Waals surface area contributed by atoms with Gasteiger partial charge in [-0.1, -0.05) is 36.4 Å². The molecule has 1 nitrogen and oxygen atoms in total. The summed E-state index contributed by atoms with van der Waals surface area (Å²) in [4.78, 5) is 4.40. The average molecular weight is 272 g/mol. The third kappa shape index (κ3) is 2.37. The Hall–Kier alpha value is -2.36. The number of para-hydroxylation sites is 1. The maximum absolute atomic E-state index is 12.5. The van der Waals surface area contributed by atoms with Crippen molar-refractivity contribution >= 4 is 10.9 Å². The van der Waals surface area contributed by atoms with E-state index < -0.39 is 11.7 Å². The fourth-order valence-corrected chi connectivity index (χ4v) is 1.99. The molecule has 0 bridgehead atoms. The molecule has 0 unspecified atom stereocenters. The van der Waals surface area contributed by atoms with Gasteiger partial charge in [-0.3, -0.25) is 0 Å². The van der Waals surface area contributed by atoms with Crippen LogP contribution < -0.4 is 0 Å². The molecule has 3 aromatic rings. The minimum atomic E-state index is -4.32. The summed E-state index contributed by atoms with van der Waals surface area (Å²) in [6.07, 6.45) is -4.32. The summed E-state index contributed by atoms with van der Waals surface area (Å²) in [5, 5.41) is 0.947. The van der Waals surface area contributed by atoms with Crippen LogP contribution in [0.2, 0.25) is 0 Å². The molecule has 4 heteroatoms. The lowest BCUT2D eigenvalue weighted by atomic mass is 10.1. The normalized spacial score (nSPS) is 11.8. The second-order valence-electron chi connectivity index (χ2n) is 4.38. The number of aromatic nitrogens is 1. The van der Waals surface area contributed by atoms with E-state index in [4.69, 9.17) is 0 Å². The van der Waals surface area contributed by atoms with E-state index >= 15 is 0 Å². The van der Waals surface area contributed by atoms with Gasteiger partial charge in [-0.2, -0.15) is 13.2 Å². The number of halogens is 3. The number of nitrogens with zero attached hydrogens (tertiary/aromatic N) is 1. The van der Waals surface area contributed by atoms with E-state index in [-0.39, 0.29) is 0 Å². The van der Waals surface area contributed by atoms with Crippen LogP contribution in [0, 0.1) is 6.07 Å². The Bertz CT molecular complexity index is 746. The summed E-state index contributed by atoms with van der Waals surface area (Å²) in [6.45, 7) is 0. The molecule has 0 spiro atoms. The molecular weight excluding hydrogens is 263 g/mol. The number of rotatable bonds is 1. The molecule has 1 aromatic heterocycles. The van der Waals surface area contributed by atoms with Crippen LogP contribution >= 0.6 is 0 Å². The van der Waals surface area contributed by atoms with Crippen molar-refractivity contribution in [2.24, 2.45) is 0 Å². The summed E-state index contributed by atoms with van der Waals surface area (Å²) < 4.78 is 37.5. The highest BCUT2D eigenvalue weighted by Gasteiger charge is 2.29. The third-order valence-electron chi connectivity index (χ3n) is 3.03. The van der Waals surface area contributed by atoms with Crippen LogP contribution in [0.1, 0.15) is 5.56 Å². The molecule has 2 aromatic carbocycles. The molecule has 0 aliphatic heterocycles. The van der Waals surface area contributed by atoms with Gasteiger partial charge >= 0.3 is 6.18 Å². The highest BCUT2D eigenvalue weighted by Crippen LogP contribution is 2.30. The Kier molecular flexibility index (Phi) is 2.93. The predicted octanol–water partition coefficient (Wildman–Crippen LogP) is 4.72. The smallest absolute Gasteiger partial charge is 0.247 e. The van der Waals surface area contributed by atoms with Gasteiger partial charge in [0.05, 0.1) is 16.8 Å². The molecule has 1 heterocycles. The lowest BCUT2D eigenvalue weighted by molar-refractivity contribution is -0.137. The maximum Gasteiger partial charge on any atom is 0.416 e. The number of benzene rings is 2. The van der Waals surface area contributed by atoms with Gasteiger partial charge in [-0.15, -0.1) is 0 Å². The Labute approximate surface area is 113 Å². The van der Waals surface area contributed by atoms with Crippen LogP contribution in [-0.2, 0) is 6.18 Å². The Morgan fingerprint density at radius 1 is 0.900 bits per heavy atom. The minimum Gasteiger partial charge on any atom is -0.247 e. The predicted molar refractivity (Wildman–Crippen MR) is 71.0 cm³/mol. The molecule has 0 aliphatic rings. The van der Waals surface area contributed by atoms with Crippen LogP contribution in [0.15, 0.2) is 54.6 Å². The van der Waals surface area contributed by atoms with Crippen molar-refractivity contribution in [3.05, 3.63) is 66.2 Å². The largest absolute Gasteiger partial charge is 0.416 e. The molecule has 0 atom stereocenters. The van der Waals surface area contributed by atoms with Crippen LogP contribution in [0.25, 0.3) is 22.2 Å². The van der Waals surface area contributed by atoms with E-state index in [0.717, 1.165) is 17.5 Å². The topological polar surface area (TPSA) is 12.9 Å². The Morgan fingerprint density at radius 3 is 2.35 bits per heavy atom. The van der Waals surface area contributed by atoms with Crippen molar-refractivity contribution in [1.29, 1.82) is 0 Å². The van der Waals surface area contributed by atoms with E-state index in [1.54, 1.807) is 12.1 Å². The molecule has 20 heavy (non-hydrogen) atoms. The zero-order chi connectivity index (χ0) is 14.2. The second-order valence-corrected chi connectivity index (χ2v) is 4.38. The van der Waals surface area contributed by atoms with Crippen molar-refractivity contribution in [3.8, 4) is 11.3 Å². The van der Waals surface area contributed by atoms with Gasteiger partial charge in [0.2, 0.25) is 0 Å². The summed E-state index contributed by atoms with van der Waals surface area (Å²) in [7, 11) is 0. The minimum absolute atomic E-state index is 0.633. The number of pyridine rings is 1. The fraction of sp³-hybridized carbons (Fsp3) is 0.0625. The number of fused-ring (bicyclic) bond motifs is 1. The molecule has 1 radical (unpaired) electrons. The van der Waals surface area contributed by atoms with E-state index in [1.807, 2.05) is 18.2 Å². The average Bonchev–Trinajstić information content (AvgIpc) is 2.46. The second kappa shape index (κ2) is 4.63. The van der Waals surface area contributed by atoms with Gasteiger partial charge in [-0.05, 0) is 18.2 Å². The Morgan fingerprint density at radius 2 is 1.65 bits per heavy atom. The first-order chi connectivity index (χ1) is 9.54. The van der Waals surface area contributed by atoms with E-state index in [1.165, 1.54) is 12.1 Å². The first-order valence-corrected chi connectivity index (χ1v) is 5.99. The number of alkyl halides is 3. The van der Waals surface area contributed by atoms with Crippen LogP contribution in [-0.4, -0.2) is 4.98 Å². The van der Waals surface area contributed by atoms with Gasteiger partial charge in [0.15, 0.2) is 0 Å². The molecule has 0 saturated carbocycles. The number of hydrogen-bond acceptors (Lipinski definition) is 1. The zero-order valence-corrected chi connectivity index (χ0v) is 10.3. The molecule has 0 aliphatic carbocycles. The third-order valence-corrected chi connectivity index (χ3v) is 3.03. The van der Waals surface area contributed by atoms with Gasteiger partial charge in [-0.25, -0.2) is 4.98 Å². The summed E-state index contributed by atoms with van der Waals surface area (Å²) in [6, 6.07) is 17.2. The molecule has 3 rings (SSSR count). The highest BCUT2D eigenvalue weighted by molar-refractivity contribution is 5.80. The van der Waals surface area contributed by atoms with Crippen molar-refractivity contribution in [2.75, 3.05) is 0 Å². The first kappa shape index (κ1) is 12.7. The van der Waals surface area contributed by atoms with E-state index in [9.17, 15) is 13.2 Å². The monoisotopic (exact) mass is 272 g/mol. The zero-order valence-electron chi connectivity index (χ0n) is 10.3. The summed E-state index contributed by atoms with van der Waals surface area (Å²) >= 11 is 0. The van der Waals surface area contributed by atoms with Crippen LogP contribution in [0.3, 0.4) is 0 Å². The molecule has 0 amide bonds. The van der Waals surface area contributed by atoms with Crippen molar-refractivity contribution in [1.82, 2.24) is 4.98 Å².